The Morgan fingerprint density at radius 1 is 1.19 bits per heavy atom. The first-order valence-corrected chi connectivity index (χ1v) is 11.1. The summed E-state index contributed by atoms with van der Waals surface area (Å²) in [5.41, 5.74) is 1.21. The van der Waals surface area contributed by atoms with Crippen molar-refractivity contribution >= 4 is 11.8 Å². The average Bonchev–Trinajstić information content (AvgIpc) is 3.26. The summed E-state index contributed by atoms with van der Waals surface area (Å²) in [6, 6.07) is 5.77. The number of ether oxygens (including phenoxy) is 2. The van der Waals surface area contributed by atoms with Crippen LogP contribution in [0.1, 0.15) is 55.6 Å². The molecular formula is C23H33N5O4. The van der Waals surface area contributed by atoms with Crippen LogP contribution in [0, 0.1) is 0 Å². The zero-order valence-electron chi connectivity index (χ0n) is 19.3. The van der Waals surface area contributed by atoms with E-state index in [4.69, 9.17) is 9.47 Å². The van der Waals surface area contributed by atoms with Crippen molar-refractivity contribution in [2.24, 2.45) is 0 Å². The zero-order valence-corrected chi connectivity index (χ0v) is 19.3. The second kappa shape index (κ2) is 11.0. The number of benzene rings is 1. The number of amides is 2. The predicted octanol–water partition coefficient (Wildman–Crippen LogP) is 2.45. The van der Waals surface area contributed by atoms with Gasteiger partial charge in [0.15, 0.2) is 17.2 Å². The Bertz CT molecular complexity index is 927. The fraction of sp³-hybridized carbons (Fsp3) is 0.565. The molecule has 0 saturated carbocycles. The van der Waals surface area contributed by atoms with Crippen molar-refractivity contribution < 1.29 is 19.1 Å². The normalized spacial score (nSPS) is 16.2. The molecule has 0 bridgehead atoms. The van der Waals surface area contributed by atoms with Gasteiger partial charge in [0, 0.05) is 25.2 Å². The maximum atomic E-state index is 13.1. The van der Waals surface area contributed by atoms with Gasteiger partial charge in [0.2, 0.25) is 5.91 Å². The molecular weight excluding hydrogens is 410 g/mol. The van der Waals surface area contributed by atoms with E-state index < -0.39 is 0 Å². The molecule has 1 saturated heterocycles. The average molecular weight is 444 g/mol. The number of nitrogens with zero attached hydrogens (tertiary/aromatic N) is 4. The van der Waals surface area contributed by atoms with Crippen LogP contribution in [0.5, 0.6) is 11.5 Å². The van der Waals surface area contributed by atoms with Crippen LogP contribution >= 0.6 is 0 Å². The van der Waals surface area contributed by atoms with E-state index in [0.29, 0.717) is 30.2 Å². The molecule has 0 aliphatic carbocycles. The molecule has 9 heteroatoms. The third-order valence-electron chi connectivity index (χ3n) is 5.63. The predicted molar refractivity (Wildman–Crippen MR) is 120 cm³/mol. The van der Waals surface area contributed by atoms with Gasteiger partial charge < -0.3 is 19.7 Å². The maximum Gasteiger partial charge on any atom is 0.273 e. The Hall–Kier alpha value is -3.10. The van der Waals surface area contributed by atoms with Crippen LogP contribution < -0.4 is 14.8 Å². The molecule has 32 heavy (non-hydrogen) atoms. The third-order valence-corrected chi connectivity index (χ3v) is 5.63. The minimum absolute atomic E-state index is 0.0418. The van der Waals surface area contributed by atoms with E-state index in [-0.39, 0.29) is 23.9 Å². The minimum atomic E-state index is -0.226. The smallest absolute Gasteiger partial charge is 0.273 e. The molecule has 2 amide bonds. The highest BCUT2D eigenvalue weighted by molar-refractivity contribution is 5.92. The van der Waals surface area contributed by atoms with Gasteiger partial charge in [0.1, 0.15) is 0 Å². The summed E-state index contributed by atoms with van der Waals surface area (Å²) in [6.45, 7) is 5.17. The van der Waals surface area contributed by atoms with Crippen molar-refractivity contribution in [1.82, 2.24) is 25.2 Å². The fourth-order valence-corrected chi connectivity index (χ4v) is 4.02. The lowest BCUT2D eigenvalue weighted by Gasteiger charge is -2.36. The summed E-state index contributed by atoms with van der Waals surface area (Å²) in [5.74, 6) is 1.15. The first kappa shape index (κ1) is 23.6. The molecule has 1 atom stereocenters. The number of piperidine rings is 1. The first-order chi connectivity index (χ1) is 15.4. The molecule has 2 aromatic rings. The summed E-state index contributed by atoms with van der Waals surface area (Å²) >= 11 is 0. The summed E-state index contributed by atoms with van der Waals surface area (Å²) < 4.78 is 12.3. The van der Waals surface area contributed by atoms with Crippen molar-refractivity contribution in [2.75, 3.05) is 20.8 Å². The molecule has 1 aliphatic heterocycles. The van der Waals surface area contributed by atoms with Crippen LogP contribution in [-0.4, -0.2) is 64.6 Å². The van der Waals surface area contributed by atoms with E-state index >= 15 is 0 Å². The number of aryl methyl sites for hydroxylation is 1. The second-order valence-electron chi connectivity index (χ2n) is 8.39. The van der Waals surface area contributed by atoms with Crippen LogP contribution in [0.25, 0.3) is 0 Å². The molecule has 1 aromatic carbocycles. The molecule has 9 nitrogen and oxygen atoms in total. The molecule has 0 spiro atoms. The summed E-state index contributed by atoms with van der Waals surface area (Å²) in [5, 5.41) is 10.9. The van der Waals surface area contributed by atoms with Crippen LogP contribution in [-0.2, 0) is 17.8 Å². The van der Waals surface area contributed by atoms with Gasteiger partial charge in [-0.1, -0.05) is 11.3 Å². The number of nitrogens with one attached hydrogen (secondary N) is 1. The van der Waals surface area contributed by atoms with Crippen LogP contribution in [0.4, 0.5) is 0 Å². The first-order valence-electron chi connectivity index (χ1n) is 11.1. The van der Waals surface area contributed by atoms with Gasteiger partial charge in [-0.15, -0.1) is 5.10 Å². The molecule has 174 valence electrons. The molecule has 0 radical (unpaired) electrons. The van der Waals surface area contributed by atoms with Gasteiger partial charge in [-0.05, 0) is 57.2 Å². The number of hydrogen-bond donors (Lipinski definition) is 1. The highest BCUT2D eigenvalue weighted by Gasteiger charge is 2.27. The maximum absolute atomic E-state index is 13.1. The van der Waals surface area contributed by atoms with Crippen LogP contribution in [0.2, 0.25) is 0 Å². The number of methoxy groups -OCH3 is 2. The van der Waals surface area contributed by atoms with Gasteiger partial charge in [0.25, 0.3) is 5.91 Å². The monoisotopic (exact) mass is 443 g/mol. The van der Waals surface area contributed by atoms with E-state index in [1.807, 2.05) is 36.9 Å². The molecule has 1 aromatic heterocycles. The van der Waals surface area contributed by atoms with E-state index in [1.54, 1.807) is 25.1 Å². The van der Waals surface area contributed by atoms with Gasteiger partial charge in [0.05, 0.1) is 26.8 Å². The third kappa shape index (κ3) is 5.99. The van der Waals surface area contributed by atoms with Gasteiger partial charge in [-0.3, -0.25) is 14.3 Å². The van der Waals surface area contributed by atoms with Crippen molar-refractivity contribution in [2.45, 2.75) is 64.6 Å². The molecule has 1 aliphatic rings. The van der Waals surface area contributed by atoms with Crippen molar-refractivity contribution in [3.63, 3.8) is 0 Å². The standard InChI is InChI=1S/C23H33N5O4/c1-16(2)24-23(30)19-15-27(26-25-19)12-10-18-7-5-6-11-28(18)22(29)14-17-8-9-20(31-3)21(13-17)32-4/h8-9,13,15-16,18H,5-7,10-12,14H2,1-4H3,(H,24,30)/t18-/m0/s1. The Morgan fingerprint density at radius 3 is 2.69 bits per heavy atom. The lowest BCUT2D eigenvalue weighted by molar-refractivity contribution is -0.134. The van der Waals surface area contributed by atoms with Crippen molar-refractivity contribution in [1.29, 1.82) is 0 Å². The summed E-state index contributed by atoms with van der Waals surface area (Å²) in [6.07, 6.45) is 5.83. The zero-order chi connectivity index (χ0) is 23.1. The van der Waals surface area contributed by atoms with Crippen molar-refractivity contribution in [3.05, 3.63) is 35.7 Å². The summed E-state index contributed by atoms with van der Waals surface area (Å²) in [4.78, 5) is 27.2. The van der Waals surface area contributed by atoms with E-state index in [1.165, 1.54) is 0 Å². The molecule has 3 rings (SSSR count). The number of aromatic nitrogens is 3. The fourth-order valence-electron chi connectivity index (χ4n) is 4.02. The van der Waals surface area contributed by atoms with Crippen molar-refractivity contribution in [3.8, 4) is 11.5 Å². The lowest BCUT2D eigenvalue weighted by atomic mass is 9.98. The topological polar surface area (TPSA) is 98.6 Å². The Morgan fingerprint density at radius 2 is 1.97 bits per heavy atom. The summed E-state index contributed by atoms with van der Waals surface area (Å²) in [7, 11) is 3.18. The number of hydrogen-bond acceptors (Lipinski definition) is 6. The van der Waals surface area contributed by atoms with E-state index in [0.717, 1.165) is 37.8 Å². The molecule has 1 N–H and O–H groups in total. The minimum Gasteiger partial charge on any atom is -0.493 e. The molecule has 2 heterocycles. The highest BCUT2D eigenvalue weighted by Crippen LogP contribution is 2.28. The Kier molecular flexibility index (Phi) is 8.08. The van der Waals surface area contributed by atoms with Gasteiger partial charge in [-0.25, -0.2) is 0 Å². The quantitative estimate of drug-likeness (QED) is 0.639. The number of likely N-dealkylation sites (tertiary alicyclic amines) is 1. The molecule has 1 fully saturated rings. The Labute approximate surface area is 189 Å². The molecule has 0 unspecified atom stereocenters. The highest BCUT2D eigenvalue weighted by atomic mass is 16.5. The number of carbonyl (C=O) groups excluding carboxylic acids is 2. The SMILES string of the molecule is COc1ccc(CC(=O)N2CCCC[C@H]2CCn2cc(C(=O)NC(C)C)nn2)cc1OC. The van der Waals surface area contributed by atoms with Crippen LogP contribution in [0.15, 0.2) is 24.4 Å². The van der Waals surface area contributed by atoms with Crippen LogP contribution in [0.3, 0.4) is 0 Å². The van der Waals surface area contributed by atoms with E-state index in [9.17, 15) is 9.59 Å². The van der Waals surface area contributed by atoms with E-state index in [2.05, 4.69) is 15.6 Å². The number of rotatable bonds is 9. The largest absolute Gasteiger partial charge is 0.493 e. The Balaban J connectivity index is 1.60. The second-order valence-corrected chi connectivity index (χ2v) is 8.39. The lowest BCUT2D eigenvalue weighted by Crippen LogP contribution is -2.44. The van der Waals surface area contributed by atoms with Gasteiger partial charge in [-0.2, -0.15) is 0 Å². The van der Waals surface area contributed by atoms with Gasteiger partial charge >= 0.3 is 0 Å². The number of carbonyl (C=O) groups is 2.